The number of rotatable bonds is 8. The first kappa shape index (κ1) is 22.5. The Morgan fingerprint density at radius 2 is 1.97 bits per heavy atom. The summed E-state index contributed by atoms with van der Waals surface area (Å²) in [5.74, 6) is 1.48. The lowest BCUT2D eigenvalue weighted by atomic mass is 10.2. The van der Waals surface area contributed by atoms with Gasteiger partial charge in [0.25, 0.3) is 17.1 Å². The Morgan fingerprint density at radius 3 is 2.76 bits per heavy atom. The van der Waals surface area contributed by atoms with Crippen molar-refractivity contribution in [2.75, 3.05) is 33.6 Å². The van der Waals surface area contributed by atoms with Gasteiger partial charge in [0.1, 0.15) is 0 Å². The molecule has 0 saturated carbocycles. The molecular weight excluding hydrogens is 448 g/mol. The van der Waals surface area contributed by atoms with E-state index in [1.807, 2.05) is 6.92 Å². The zero-order valence-electron chi connectivity index (χ0n) is 18.1. The predicted molar refractivity (Wildman–Crippen MR) is 122 cm³/mol. The highest BCUT2D eigenvalue weighted by atomic mass is 32.2. The molecule has 172 valence electrons. The molecule has 0 spiro atoms. The molecule has 1 fully saturated rings. The molecule has 2 aromatic rings. The lowest BCUT2D eigenvalue weighted by Crippen LogP contribution is -2.37. The summed E-state index contributed by atoms with van der Waals surface area (Å²) in [6, 6.07) is 10.2. The van der Waals surface area contributed by atoms with Crippen LogP contribution in [-0.4, -0.2) is 55.6 Å². The van der Waals surface area contributed by atoms with E-state index in [0.29, 0.717) is 40.1 Å². The van der Waals surface area contributed by atoms with E-state index in [2.05, 4.69) is 5.32 Å². The molecule has 33 heavy (non-hydrogen) atoms. The smallest absolute Gasteiger partial charge is 0.293 e. The molecule has 0 radical (unpaired) electrons. The molecule has 0 atom stereocenters. The van der Waals surface area contributed by atoms with Crippen LogP contribution in [0.15, 0.2) is 41.3 Å². The molecule has 4 rings (SSSR count). The van der Waals surface area contributed by atoms with Crippen LogP contribution in [0.2, 0.25) is 0 Å². The molecule has 3 amide bonds. The van der Waals surface area contributed by atoms with Crippen LogP contribution in [0, 0.1) is 0 Å². The fraction of sp³-hybridized carbons (Fsp3) is 0.261. The van der Waals surface area contributed by atoms with E-state index in [1.165, 1.54) is 7.11 Å². The second-order valence-electron chi connectivity index (χ2n) is 7.00. The number of hydrogen-bond acceptors (Lipinski definition) is 8. The molecular formula is C23H22N2O7S. The van der Waals surface area contributed by atoms with Gasteiger partial charge in [-0.3, -0.25) is 19.3 Å². The number of imide groups is 1. The van der Waals surface area contributed by atoms with Gasteiger partial charge in [-0.25, -0.2) is 0 Å². The Kier molecular flexibility index (Phi) is 6.74. The molecule has 0 unspecified atom stereocenters. The third-order valence-corrected chi connectivity index (χ3v) is 5.82. The molecule has 2 aliphatic heterocycles. The monoisotopic (exact) mass is 470 g/mol. The average molecular weight is 471 g/mol. The molecule has 2 aliphatic rings. The number of amides is 3. The molecule has 2 heterocycles. The van der Waals surface area contributed by atoms with Gasteiger partial charge >= 0.3 is 0 Å². The Balaban J connectivity index is 1.35. The zero-order valence-corrected chi connectivity index (χ0v) is 18.9. The molecule has 2 aromatic carbocycles. The van der Waals surface area contributed by atoms with Gasteiger partial charge in [-0.05, 0) is 60.7 Å². The van der Waals surface area contributed by atoms with E-state index >= 15 is 0 Å². The Labute approximate surface area is 194 Å². The topological polar surface area (TPSA) is 103 Å². The van der Waals surface area contributed by atoms with Crippen LogP contribution in [-0.2, 0) is 4.79 Å². The summed E-state index contributed by atoms with van der Waals surface area (Å²) in [6.07, 6.45) is 1.64. The fourth-order valence-corrected chi connectivity index (χ4v) is 4.18. The number of carbonyl (C=O) groups is 3. The summed E-state index contributed by atoms with van der Waals surface area (Å²) in [5.41, 5.74) is 1.11. The van der Waals surface area contributed by atoms with E-state index in [9.17, 15) is 14.4 Å². The molecule has 10 heteroatoms. The maximum absolute atomic E-state index is 12.7. The van der Waals surface area contributed by atoms with E-state index in [1.54, 1.807) is 42.5 Å². The van der Waals surface area contributed by atoms with Crippen molar-refractivity contribution in [3.63, 3.8) is 0 Å². The van der Waals surface area contributed by atoms with Gasteiger partial charge in [0.15, 0.2) is 23.0 Å². The molecule has 9 nitrogen and oxygen atoms in total. The van der Waals surface area contributed by atoms with Crippen molar-refractivity contribution in [1.82, 2.24) is 10.2 Å². The first-order valence-corrected chi connectivity index (χ1v) is 11.1. The molecule has 1 saturated heterocycles. The maximum Gasteiger partial charge on any atom is 0.293 e. The highest BCUT2D eigenvalue weighted by Gasteiger charge is 2.34. The predicted octanol–water partition coefficient (Wildman–Crippen LogP) is 3.29. The SMILES string of the molecule is CCOc1ccc(C(=O)NCCN2C(=O)S/C(=C\c3ccc4c(c3)OCO4)C2=O)cc1OC. The van der Waals surface area contributed by atoms with Crippen molar-refractivity contribution in [3.05, 3.63) is 52.4 Å². The number of ether oxygens (including phenoxy) is 4. The third-order valence-electron chi connectivity index (χ3n) is 4.91. The molecule has 0 aliphatic carbocycles. The highest BCUT2D eigenvalue weighted by Crippen LogP contribution is 2.36. The second-order valence-corrected chi connectivity index (χ2v) is 7.99. The van der Waals surface area contributed by atoms with Gasteiger partial charge in [0.2, 0.25) is 6.79 Å². The van der Waals surface area contributed by atoms with Crippen molar-refractivity contribution in [2.24, 2.45) is 0 Å². The normalized spacial score (nSPS) is 15.8. The van der Waals surface area contributed by atoms with Gasteiger partial charge in [-0.1, -0.05) is 6.07 Å². The van der Waals surface area contributed by atoms with Crippen LogP contribution < -0.4 is 24.3 Å². The van der Waals surface area contributed by atoms with Crippen molar-refractivity contribution in [3.8, 4) is 23.0 Å². The summed E-state index contributed by atoms with van der Waals surface area (Å²) < 4.78 is 21.3. The Bertz CT molecular complexity index is 1130. The van der Waals surface area contributed by atoms with Crippen LogP contribution in [0.3, 0.4) is 0 Å². The lowest BCUT2D eigenvalue weighted by molar-refractivity contribution is -0.122. The van der Waals surface area contributed by atoms with Crippen molar-refractivity contribution < 1.29 is 33.3 Å². The van der Waals surface area contributed by atoms with E-state index < -0.39 is 5.91 Å². The highest BCUT2D eigenvalue weighted by molar-refractivity contribution is 8.18. The zero-order chi connectivity index (χ0) is 23.4. The average Bonchev–Trinajstić information content (AvgIpc) is 3.38. The standard InChI is InChI=1S/C23H22N2O7S/c1-3-30-16-7-5-15(12-18(16)29-2)21(26)24-8-9-25-22(27)20(33-23(25)28)11-14-4-6-17-19(10-14)32-13-31-17/h4-7,10-12H,3,8-9,13H2,1-2H3,(H,24,26)/b20-11-. The number of fused-ring (bicyclic) bond motifs is 1. The number of methoxy groups -OCH3 is 1. The van der Waals surface area contributed by atoms with Gasteiger partial charge in [-0.2, -0.15) is 0 Å². The minimum Gasteiger partial charge on any atom is -0.493 e. The van der Waals surface area contributed by atoms with Crippen molar-refractivity contribution in [1.29, 1.82) is 0 Å². The van der Waals surface area contributed by atoms with Gasteiger partial charge in [-0.15, -0.1) is 0 Å². The van der Waals surface area contributed by atoms with E-state index in [4.69, 9.17) is 18.9 Å². The van der Waals surface area contributed by atoms with Gasteiger partial charge in [0.05, 0.1) is 18.6 Å². The molecule has 0 aromatic heterocycles. The van der Waals surface area contributed by atoms with Crippen LogP contribution in [0.1, 0.15) is 22.8 Å². The summed E-state index contributed by atoms with van der Waals surface area (Å²) >= 11 is 0.860. The van der Waals surface area contributed by atoms with Crippen LogP contribution in [0.5, 0.6) is 23.0 Å². The van der Waals surface area contributed by atoms with Gasteiger partial charge in [0, 0.05) is 18.7 Å². The van der Waals surface area contributed by atoms with Crippen LogP contribution in [0.25, 0.3) is 6.08 Å². The number of hydrogen-bond donors (Lipinski definition) is 1. The largest absolute Gasteiger partial charge is 0.493 e. The Hall–Kier alpha value is -3.66. The Morgan fingerprint density at radius 1 is 1.15 bits per heavy atom. The minimum atomic E-state index is -0.403. The fourth-order valence-electron chi connectivity index (χ4n) is 3.31. The first-order chi connectivity index (χ1) is 16.0. The van der Waals surface area contributed by atoms with E-state index in [-0.39, 0.29) is 31.0 Å². The van der Waals surface area contributed by atoms with Crippen molar-refractivity contribution >= 4 is 34.9 Å². The van der Waals surface area contributed by atoms with Crippen LogP contribution >= 0.6 is 11.8 Å². The summed E-state index contributed by atoms with van der Waals surface area (Å²) in [6.45, 7) is 2.66. The second kappa shape index (κ2) is 9.86. The summed E-state index contributed by atoms with van der Waals surface area (Å²) in [5, 5.41) is 2.34. The molecule has 0 bridgehead atoms. The van der Waals surface area contributed by atoms with Crippen LogP contribution in [0.4, 0.5) is 4.79 Å². The summed E-state index contributed by atoms with van der Waals surface area (Å²) in [7, 11) is 1.50. The maximum atomic E-state index is 12.7. The van der Waals surface area contributed by atoms with Gasteiger partial charge < -0.3 is 24.3 Å². The number of nitrogens with one attached hydrogen (secondary N) is 1. The van der Waals surface area contributed by atoms with Crippen molar-refractivity contribution in [2.45, 2.75) is 6.92 Å². The molecule has 1 N–H and O–H groups in total. The number of benzene rings is 2. The minimum absolute atomic E-state index is 0.0586. The first-order valence-electron chi connectivity index (χ1n) is 10.2. The van der Waals surface area contributed by atoms with E-state index in [0.717, 1.165) is 22.2 Å². The quantitative estimate of drug-likeness (QED) is 0.587. The number of thioether (sulfide) groups is 1. The third kappa shape index (κ3) is 4.90. The summed E-state index contributed by atoms with van der Waals surface area (Å²) in [4.78, 5) is 38.9. The number of nitrogens with zero attached hydrogens (tertiary/aromatic N) is 1. The number of carbonyl (C=O) groups excluding carboxylic acids is 3. The lowest BCUT2D eigenvalue weighted by Gasteiger charge is -2.14.